The van der Waals surface area contributed by atoms with Crippen molar-refractivity contribution in [2.75, 3.05) is 0 Å². The maximum absolute atomic E-state index is 10.6. The molecule has 0 fully saturated rings. The molecule has 0 amide bonds. The summed E-state index contributed by atoms with van der Waals surface area (Å²) in [6.07, 6.45) is 0. The molecule has 0 N–H and O–H groups in total. The van der Waals surface area contributed by atoms with Crippen LogP contribution in [0.25, 0.3) is 21.5 Å². The number of rotatable bonds is 1. The maximum atomic E-state index is 10.6. The summed E-state index contributed by atoms with van der Waals surface area (Å²) in [6, 6.07) is 30.6. The molecule has 4 aromatic rings. The standard InChI is InChI=1S/C14H10.C8H8O/c1-2-6-12-10-14-8-4-3-7-13(14)9-11(12)5-1;1-7(9)8-5-3-2-4-6-8/h1-10H;2-6H,1H3. The molecule has 0 aliphatic carbocycles. The molecular formula is C22H18O. The molecule has 1 nitrogen and oxygen atoms in total. The first-order valence-electron chi connectivity index (χ1n) is 7.67. The normalized spacial score (nSPS) is 10.1. The van der Waals surface area contributed by atoms with Crippen molar-refractivity contribution in [1.82, 2.24) is 0 Å². The number of Topliss-reactive ketones (excluding diaryl/α,β-unsaturated/α-hetero) is 1. The van der Waals surface area contributed by atoms with Crippen molar-refractivity contribution in [1.29, 1.82) is 0 Å². The van der Waals surface area contributed by atoms with Gasteiger partial charge in [-0.1, -0.05) is 78.9 Å². The lowest BCUT2D eigenvalue weighted by molar-refractivity contribution is 0.101. The van der Waals surface area contributed by atoms with Crippen LogP contribution in [-0.4, -0.2) is 5.78 Å². The first-order chi connectivity index (χ1) is 11.2. The highest BCUT2D eigenvalue weighted by atomic mass is 16.1. The predicted octanol–water partition coefficient (Wildman–Crippen LogP) is 5.88. The second-order valence-electron chi connectivity index (χ2n) is 5.47. The molecular weight excluding hydrogens is 280 g/mol. The quantitative estimate of drug-likeness (QED) is 0.317. The minimum Gasteiger partial charge on any atom is -0.295 e. The first-order valence-corrected chi connectivity index (χ1v) is 7.67. The molecule has 112 valence electrons. The number of hydrogen-bond acceptors (Lipinski definition) is 1. The van der Waals surface area contributed by atoms with Crippen molar-refractivity contribution >= 4 is 27.3 Å². The minimum atomic E-state index is 0.121. The predicted molar refractivity (Wildman–Crippen MR) is 97.9 cm³/mol. The van der Waals surface area contributed by atoms with Crippen molar-refractivity contribution in [3.63, 3.8) is 0 Å². The molecule has 0 atom stereocenters. The van der Waals surface area contributed by atoms with Gasteiger partial charge in [-0.05, 0) is 40.6 Å². The van der Waals surface area contributed by atoms with E-state index in [1.807, 2.05) is 30.3 Å². The Balaban J connectivity index is 0.000000151. The van der Waals surface area contributed by atoms with Crippen molar-refractivity contribution in [3.8, 4) is 0 Å². The molecule has 0 aromatic heterocycles. The third-order valence-corrected chi connectivity index (χ3v) is 3.79. The third-order valence-electron chi connectivity index (χ3n) is 3.79. The lowest BCUT2D eigenvalue weighted by atomic mass is 10.0. The number of benzene rings is 4. The Morgan fingerprint density at radius 3 is 1.22 bits per heavy atom. The number of carbonyl (C=O) groups is 1. The highest BCUT2D eigenvalue weighted by molar-refractivity contribution is 5.98. The number of carbonyl (C=O) groups excluding carboxylic acids is 1. The zero-order valence-corrected chi connectivity index (χ0v) is 13.1. The third kappa shape index (κ3) is 3.64. The number of ketones is 1. The van der Waals surface area contributed by atoms with Crippen LogP contribution >= 0.6 is 0 Å². The summed E-state index contributed by atoms with van der Waals surface area (Å²) in [4.78, 5) is 10.6. The Morgan fingerprint density at radius 1 is 0.565 bits per heavy atom. The molecule has 0 aliphatic rings. The first kappa shape index (κ1) is 15.0. The average Bonchev–Trinajstić information content (AvgIpc) is 2.61. The van der Waals surface area contributed by atoms with E-state index in [2.05, 4.69) is 60.7 Å². The van der Waals surface area contributed by atoms with Gasteiger partial charge in [0.2, 0.25) is 0 Å². The van der Waals surface area contributed by atoms with Gasteiger partial charge in [0, 0.05) is 5.56 Å². The summed E-state index contributed by atoms with van der Waals surface area (Å²) in [7, 11) is 0. The monoisotopic (exact) mass is 298 g/mol. The summed E-state index contributed by atoms with van der Waals surface area (Å²) in [6.45, 7) is 1.56. The van der Waals surface area contributed by atoms with Gasteiger partial charge in [-0.3, -0.25) is 4.79 Å². The highest BCUT2D eigenvalue weighted by Gasteiger charge is 1.95. The molecule has 0 saturated carbocycles. The summed E-state index contributed by atoms with van der Waals surface area (Å²) in [5.41, 5.74) is 0.775. The molecule has 0 radical (unpaired) electrons. The molecule has 0 saturated heterocycles. The van der Waals surface area contributed by atoms with Gasteiger partial charge in [0.15, 0.2) is 5.78 Å². The van der Waals surface area contributed by atoms with Crippen molar-refractivity contribution in [2.45, 2.75) is 6.92 Å². The second-order valence-corrected chi connectivity index (χ2v) is 5.47. The van der Waals surface area contributed by atoms with Crippen LogP contribution in [0.5, 0.6) is 0 Å². The maximum Gasteiger partial charge on any atom is 0.159 e. The summed E-state index contributed by atoms with van der Waals surface area (Å²) in [5, 5.41) is 5.25. The van der Waals surface area contributed by atoms with Gasteiger partial charge in [-0.15, -0.1) is 0 Å². The summed E-state index contributed by atoms with van der Waals surface area (Å²) < 4.78 is 0. The van der Waals surface area contributed by atoms with E-state index in [0.717, 1.165) is 5.56 Å². The Kier molecular flexibility index (Phi) is 4.49. The fraction of sp³-hybridized carbons (Fsp3) is 0.0455. The van der Waals surface area contributed by atoms with Crippen LogP contribution in [0.2, 0.25) is 0 Å². The van der Waals surface area contributed by atoms with Crippen LogP contribution in [0.3, 0.4) is 0 Å². The number of hydrogen-bond donors (Lipinski definition) is 0. The van der Waals surface area contributed by atoms with Crippen LogP contribution in [0, 0.1) is 0 Å². The van der Waals surface area contributed by atoms with Crippen LogP contribution in [0.15, 0.2) is 91.0 Å². The van der Waals surface area contributed by atoms with E-state index >= 15 is 0 Å². The van der Waals surface area contributed by atoms with Crippen LogP contribution in [-0.2, 0) is 0 Å². The average molecular weight is 298 g/mol. The molecule has 0 unspecified atom stereocenters. The van der Waals surface area contributed by atoms with Crippen LogP contribution in [0.1, 0.15) is 17.3 Å². The molecule has 0 heterocycles. The Morgan fingerprint density at radius 2 is 0.913 bits per heavy atom. The van der Waals surface area contributed by atoms with E-state index in [1.54, 1.807) is 6.92 Å². The topological polar surface area (TPSA) is 17.1 Å². The summed E-state index contributed by atoms with van der Waals surface area (Å²) >= 11 is 0. The van der Waals surface area contributed by atoms with Gasteiger partial charge in [-0.25, -0.2) is 0 Å². The molecule has 0 spiro atoms. The number of fused-ring (bicyclic) bond motifs is 2. The zero-order chi connectivity index (χ0) is 16.1. The van der Waals surface area contributed by atoms with E-state index in [0.29, 0.717) is 0 Å². The summed E-state index contributed by atoms with van der Waals surface area (Å²) in [5.74, 6) is 0.121. The molecule has 23 heavy (non-hydrogen) atoms. The lowest BCUT2D eigenvalue weighted by Crippen LogP contribution is -1.88. The molecule has 0 bridgehead atoms. The van der Waals surface area contributed by atoms with Crippen molar-refractivity contribution in [3.05, 3.63) is 96.6 Å². The largest absolute Gasteiger partial charge is 0.295 e. The smallest absolute Gasteiger partial charge is 0.159 e. The van der Waals surface area contributed by atoms with E-state index < -0.39 is 0 Å². The van der Waals surface area contributed by atoms with E-state index in [9.17, 15) is 4.79 Å². The second kappa shape index (κ2) is 6.89. The van der Waals surface area contributed by atoms with Gasteiger partial charge in [-0.2, -0.15) is 0 Å². The zero-order valence-electron chi connectivity index (χ0n) is 13.1. The van der Waals surface area contributed by atoms with Gasteiger partial charge < -0.3 is 0 Å². The Hall–Kier alpha value is -2.93. The Bertz CT molecular complexity index is 834. The van der Waals surface area contributed by atoms with Crippen LogP contribution < -0.4 is 0 Å². The molecule has 0 aliphatic heterocycles. The van der Waals surface area contributed by atoms with Gasteiger partial charge in [0.1, 0.15) is 0 Å². The van der Waals surface area contributed by atoms with Crippen molar-refractivity contribution in [2.24, 2.45) is 0 Å². The van der Waals surface area contributed by atoms with Gasteiger partial charge >= 0.3 is 0 Å². The molecule has 4 aromatic carbocycles. The fourth-order valence-electron chi connectivity index (χ4n) is 2.56. The van der Waals surface area contributed by atoms with Gasteiger partial charge in [0.05, 0.1) is 0 Å². The SMILES string of the molecule is CC(=O)c1ccccc1.c1ccc2cc3ccccc3cc2c1. The Labute approximate surface area is 136 Å². The lowest BCUT2D eigenvalue weighted by Gasteiger charge is -2.00. The highest BCUT2D eigenvalue weighted by Crippen LogP contribution is 2.21. The van der Waals surface area contributed by atoms with Gasteiger partial charge in [0.25, 0.3) is 0 Å². The van der Waals surface area contributed by atoms with E-state index in [-0.39, 0.29) is 5.78 Å². The fourth-order valence-corrected chi connectivity index (χ4v) is 2.56. The van der Waals surface area contributed by atoms with Crippen LogP contribution in [0.4, 0.5) is 0 Å². The molecule has 1 heteroatoms. The van der Waals surface area contributed by atoms with Crippen molar-refractivity contribution < 1.29 is 4.79 Å². The minimum absolute atomic E-state index is 0.121. The molecule has 4 rings (SSSR count). The van der Waals surface area contributed by atoms with E-state index in [1.165, 1.54) is 21.5 Å². The van der Waals surface area contributed by atoms with E-state index in [4.69, 9.17) is 0 Å².